The Hall–Kier alpha value is -0.310. The van der Waals surface area contributed by atoms with Gasteiger partial charge in [-0.25, -0.2) is 0 Å². The second-order valence-electron chi connectivity index (χ2n) is 4.15. The molecular weight excluding hydrogens is 316 g/mol. The first-order valence-electron chi connectivity index (χ1n) is 5.52. The standard InChI is InChI=1S/C14H14BrClS/c1-9-5-3-4-6-11(9)7-13(16)14-8-12(15)10(2)17-14/h3-6,8,13H,7H2,1-2H3. The van der Waals surface area contributed by atoms with Crippen LogP contribution in [0.2, 0.25) is 0 Å². The number of hydrogen-bond acceptors (Lipinski definition) is 1. The molecule has 1 aromatic carbocycles. The van der Waals surface area contributed by atoms with Crippen molar-refractivity contribution in [2.75, 3.05) is 0 Å². The van der Waals surface area contributed by atoms with E-state index in [9.17, 15) is 0 Å². The highest BCUT2D eigenvalue weighted by Gasteiger charge is 2.14. The fraction of sp³-hybridized carbons (Fsp3) is 0.286. The Bertz CT molecular complexity index is 499. The van der Waals surface area contributed by atoms with Gasteiger partial charge in [0.2, 0.25) is 0 Å². The molecule has 90 valence electrons. The smallest absolute Gasteiger partial charge is 0.0719 e. The van der Waals surface area contributed by atoms with Crippen LogP contribution in [0.4, 0.5) is 0 Å². The number of rotatable bonds is 3. The second-order valence-corrected chi connectivity index (χ2v) is 6.82. The summed E-state index contributed by atoms with van der Waals surface area (Å²) < 4.78 is 1.16. The van der Waals surface area contributed by atoms with Gasteiger partial charge in [0.15, 0.2) is 0 Å². The summed E-state index contributed by atoms with van der Waals surface area (Å²) in [6, 6.07) is 10.6. The van der Waals surface area contributed by atoms with Gasteiger partial charge in [-0.1, -0.05) is 24.3 Å². The number of thiophene rings is 1. The fourth-order valence-electron chi connectivity index (χ4n) is 1.77. The Morgan fingerprint density at radius 3 is 2.59 bits per heavy atom. The minimum Gasteiger partial charge on any atom is -0.143 e. The quantitative estimate of drug-likeness (QED) is 0.638. The first kappa shape index (κ1) is 13.1. The summed E-state index contributed by atoms with van der Waals surface area (Å²) in [7, 11) is 0. The van der Waals surface area contributed by atoms with Crippen LogP contribution in [0.1, 0.15) is 26.3 Å². The highest BCUT2D eigenvalue weighted by Crippen LogP contribution is 2.35. The lowest BCUT2D eigenvalue weighted by Gasteiger charge is -2.09. The van der Waals surface area contributed by atoms with E-state index in [1.165, 1.54) is 20.9 Å². The maximum Gasteiger partial charge on any atom is 0.0719 e. The average molecular weight is 330 g/mol. The van der Waals surface area contributed by atoms with E-state index < -0.39 is 0 Å². The molecule has 0 radical (unpaired) electrons. The zero-order valence-corrected chi connectivity index (χ0v) is 13.0. The van der Waals surface area contributed by atoms with Gasteiger partial charge in [-0.2, -0.15) is 0 Å². The second kappa shape index (κ2) is 5.55. The van der Waals surface area contributed by atoms with E-state index in [0.29, 0.717) is 0 Å². The number of hydrogen-bond donors (Lipinski definition) is 0. The Kier molecular flexibility index (Phi) is 4.29. The van der Waals surface area contributed by atoms with Gasteiger partial charge in [0.25, 0.3) is 0 Å². The maximum absolute atomic E-state index is 6.49. The molecule has 2 rings (SSSR count). The lowest BCUT2D eigenvalue weighted by Crippen LogP contribution is -1.95. The Balaban J connectivity index is 2.17. The Labute approximate surface area is 120 Å². The molecule has 17 heavy (non-hydrogen) atoms. The van der Waals surface area contributed by atoms with E-state index in [-0.39, 0.29) is 5.38 Å². The monoisotopic (exact) mass is 328 g/mol. The number of aryl methyl sites for hydroxylation is 2. The third-order valence-electron chi connectivity index (χ3n) is 2.85. The van der Waals surface area contributed by atoms with Gasteiger partial charge in [0.1, 0.15) is 0 Å². The molecule has 0 saturated carbocycles. The predicted molar refractivity (Wildman–Crippen MR) is 80.2 cm³/mol. The lowest BCUT2D eigenvalue weighted by molar-refractivity contribution is 0.929. The zero-order chi connectivity index (χ0) is 12.4. The van der Waals surface area contributed by atoms with Crippen molar-refractivity contribution in [3.05, 3.63) is 55.7 Å². The Morgan fingerprint density at radius 1 is 1.29 bits per heavy atom. The summed E-state index contributed by atoms with van der Waals surface area (Å²) in [4.78, 5) is 2.52. The molecule has 0 amide bonds. The molecular formula is C14H14BrClS. The molecule has 0 aliphatic rings. The molecule has 0 spiro atoms. The largest absolute Gasteiger partial charge is 0.143 e. The predicted octanol–water partition coefficient (Wildman–Crippen LogP) is 5.65. The van der Waals surface area contributed by atoms with Crippen LogP contribution in [0.15, 0.2) is 34.8 Å². The first-order valence-corrected chi connectivity index (χ1v) is 7.57. The third kappa shape index (κ3) is 3.12. The summed E-state index contributed by atoms with van der Waals surface area (Å²) in [5, 5.41) is 0.0612. The molecule has 0 N–H and O–H groups in total. The van der Waals surface area contributed by atoms with Gasteiger partial charge in [-0.15, -0.1) is 22.9 Å². The van der Waals surface area contributed by atoms with Crippen molar-refractivity contribution >= 4 is 38.9 Å². The van der Waals surface area contributed by atoms with Gasteiger partial charge in [-0.3, -0.25) is 0 Å². The van der Waals surface area contributed by atoms with E-state index >= 15 is 0 Å². The van der Waals surface area contributed by atoms with E-state index in [1.807, 2.05) is 0 Å². The normalized spacial score (nSPS) is 12.7. The summed E-state index contributed by atoms with van der Waals surface area (Å²) in [6.45, 7) is 4.24. The van der Waals surface area contributed by atoms with Crippen molar-refractivity contribution in [1.29, 1.82) is 0 Å². The van der Waals surface area contributed by atoms with Gasteiger partial charge in [0, 0.05) is 14.2 Å². The summed E-state index contributed by atoms with van der Waals surface area (Å²) in [6.07, 6.45) is 0.890. The van der Waals surface area contributed by atoms with Crippen LogP contribution in [-0.4, -0.2) is 0 Å². The van der Waals surface area contributed by atoms with Gasteiger partial charge >= 0.3 is 0 Å². The van der Waals surface area contributed by atoms with Gasteiger partial charge < -0.3 is 0 Å². The molecule has 0 aliphatic heterocycles. The topological polar surface area (TPSA) is 0 Å². The molecule has 1 heterocycles. The molecule has 1 atom stereocenters. The van der Waals surface area contributed by atoms with Crippen molar-refractivity contribution in [2.24, 2.45) is 0 Å². The fourth-order valence-corrected chi connectivity index (χ4v) is 3.67. The summed E-state index contributed by atoms with van der Waals surface area (Å²) >= 11 is 11.8. The van der Waals surface area contributed by atoms with E-state index in [0.717, 1.165) is 10.9 Å². The number of benzene rings is 1. The highest BCUT2D eigenvalue weighted by molar-refractivity contribution is 9.10. The third-order valence-corrected chi connectivity index (χ3v) is 5.61. The van der Waals surface area contributed by atoms with E-state index in [2.05, 4.69) is 60.1 Å². The lowest BCUT2D eigenvalue weighted by atomic mass is 10.0. The molecule has 0 nitrogen and oxygen atoms in total. The molecule has 0 saturated heterocycles. The van der Waals surface area contributed by atoms with Gasteiger partial charge in [-0.05, 0) is 53.4 Å². The number of halogens is 2. The molecule has 1 unspecified atom stereocenters. The van der Waals surface area contributed by atoms with Crippen LogP contribution in [0, 0.1) is 13.8 Å². The summed E-state index contributed by atoms with van der Waals surface area (Å²) in [5.74, 6) is 0. The molecule has 2 aromatic rings. The van der Waals surface area contributed by atoms with Crippen LogP contribution >= 0.6 is 38.9 Å². The number of alkyl halides is 1. The molecule has 0 bridgehead atoms. The van der Waals surface area contributed by atoms with E-state index in [1.54, 1.807) is 11.3 Å². The van der Waals surface area contributed by atoms with Crippen molar-refractivity contribution in [3.63, 3.8) is 0 Å². The SMILES string of the molecule is Cc1ccccc1CC(Cl)c1cc(Br)c(C)s1. The van der Waals surface area contributed by atoms with Crippen LogP contribution in [0.25, 0.3) is 0 Å². The van der Waals surface area contributed by atoms with Crippen molar-refractivity contribution < 1.29 is 0 Å². The van der Waals surface area contributed by atoms with Crippen LogP contribution in [-0.2, 0) is 6.42 Å². The van der Waals surface area contributed by atoms with Crippen molar-refractivity contribution in [3.8, 4) is 0 Å². The Morgan fingerprint density at radius 2 is 2.00 bits per heavy atom. The average Bonchev–Trinajstić information content (AvgIpc) is 2.63. The maximum atomic E-state index is 6.49. The minimum atomic E-state index is 0.0612. The van der Waals surface area contributed by atoms with Crippen molar-refractivity contribution in [1.82, 2.24) is 0 Å². The molecule has 0 fully saturated rings. The van der Waals surface area contributed by atoms with Crippen LogP contribution in [0.3, 0.4) is 0 Å². The van der Waals surface area contributed by atoms with Crippen molar-refractivity contribution in [2.45, 2.75) is 25.6 Å². The first-order chi connectivity index (χ1) is 8.08. The highest BCUT2D eigenvalue weighted by atomic mass is 79.9. The van der Waals surface area contributed by atoms with Crippen LogP contribution in [0.5, 0.6) is 0 Å². The molecule has 3 heteroatoms. The van der Waals surface area contributed by atoms with Gasteiger partial charge in [0.05, 0.1) is 5.38 Å². The molecule has 0 aliphatic carbocycles. The zero-order valence-electron chi connectivity index (χ0n) is 9.84. The van der Waals surface area contributed by atoms with Crippen LogP contribution < -0.4 is 0 Å². The molecule has 1 aromatic heterocycles. The van der Waals surface area contributed by atoms with E-state index in [4.69, 9.17) is 11.6 Å². The minimum absolute atomic E-state index is 0.0612. The summed E-state index contributed by atoms with van der Waals surface area (Å²) in [5.41, 5.74) is 2.64.